The molecule has 0 radical (unpaired) electrons. The molecule has 6 heteroatoms. The highest BCUT2D eigenvalue weighted by Crippen LogP contribution is 2.34. The Labute approximate surface area is 132 Å². The summed E-state index contributed by atoms with van der Waals surface area (Å²) in [6, 6.07) is 4.12. The summed E-state index contributed by atoms with van der Waals surface area (Å²) in [5.41, 5.74) is 0.991. The summed E-state index contributed by atoms with van der Waals surface area (Å²) in [7, 11) is 0. The van der Waals surface area contributed by atoms with Crippen LogP contribution in [-0.2, 0) is 4.79 Å². The minimum atomic E-state index is -0.0737. The molecule has 112 valence electrons. The van der Waals surface area contributed by atoms with Gasteiger partial charge in [0, 0.05) is 9.75 Å². The zero-order valence-electron chi connectivity index (χ0n) is 12.2. The first-order valence-electron chi connectivity index (χ1n) is 7.22. The van der Waals surface area contributed by atoms with Gasteiger partial charge in [-0.25, -0.2) is 4.98 Å². The summed E-state index contributed by atoms with van der Waals surface area (Å²) < 4.78 is 0. The number of nitrogens with one attached hydrogen (secondary N) is 2. The van der Waals surface area contributed by atoms with Crippen molar-refractivity contribution < 1.29 is 4.79 Å². The molecule has 0 unspecified atom stereocenters. The van der Waals surface area contributed by atoms with Gasteiger partial charge in [0.25, 0.3) is 0 Å². The Hall–Kier alpha value is -1.24. The predicted octanol–water partition coefficient (Wildman–Crippen LogP) is 3.57. The average Bonchev–Trinajstić information content (AvgIpc) is 3.06. The van der Waals surface area contributed by atoms with Crippen LogP contribution in [0.2, 0.25) is 0 Å². The van der Waals surface area contributed by atoms with Crippen molar-refractivity contribution in [2.75, 3.05) is 11.9 Å². The monoisotopic (exact) mass is 321 g/mol. The van der Waals surface area contributed by atoms with Crippen molar-refractivity contribution in [2.45, 2.75) is 39.2 Å². The van der Waals surface area contributed by atoms with E-state index in [2.05, 4.69) is 41.6 Å². The molecule has 1 saturated heterocycles. The molecule has 0 saturated carbocycles. The molecule has 21 heavy (non-hydrogen) atoms. The summed E-state index contributed by atoms with van der Waals surface area (Å²) in [6.45, 7) is 5.07. The van der Waals surface area contributed by atoms with E-state index in [0.29, 0.717) is 5.13 Å². The van der Waals surface area contributed by atoms with E-state index in [1.807, 2.05) is 0 Å². The van der Waals surface area contributed by atoms with Crippen LogP contribution in [0.4, 0.5) is 5.13 Å². The summed E-state index contributed by atoms with van der Waals surface area (Å²) in [4.78, 5) is 20.4. The minimum absolute atomic E-state index is 0.0392. The molecule has 4 nitrogen and oxygen atoms in total. The van der Waals surface area contributed by atoms with Crippen LogP contribution < -0.4 is 10.6 Å². The van der Waals surface area contributed by atoms with E-state index in [1.165, 1.54) is 4.88 Å². The highest BCUT2D eigenvalue weighted by atomic mass is 32.1. The number of nitrogens with zero attached hydrogens (tertiary/aromatic N) is 1. The molecule has 1 aliphatic heterocycles. The average molecular weight is 321 g/mol. The third kappa shape index (κ3) is 3.33. The Kier molecular flexibility index (Phi) is 4.37. The van der Waals surface area contributed by atoms with Crippen molar-refractivity contribution in [1.82, 2.24) is 10.3 Å². The number of aryl methyl sites for hydroxylation is 2. The number of thiophene rings is 1. The van der Waals surface area contributed by atoms with Gasteiger partial charge in [-0.05, 0) is 45.4 Å². The van der Waals surface area contributed by atoms with Crippen LogP contribution in [0.5, 0.6) is 0 Å². The maximum absolute atomic E-state index is 12.2. The molecule has 1 fully saturated rings. The molecule has 0 bridgehead atoms. The molecule has 2 N–H and O–H groups in total. The maximum Gasteiger partial charge on any atom is 0.243 e. The lowest BCUT2D eigenvalue weighted by molar-refractivity contribution is -0.118. The Morgan fingerprint density at radius 3 is 2.86 bits per heavy atom. The third-order valence-electron chi connectivity index (χ3n) is 3.63. The second kappa shape index (κ2) is 6.25. The van der Waals surface area contributed by atoms with E-state index < -0.39 is 0 Å². The standard InChI is InChI=1S/C15H19N3OS2/c1-9-6-7-12(20-9)13-10(2)21-15(17-13)18-14(19)11-5-3-4-8-16-11/h6-7,11,16H,3-5,8H2,1-2H3,(H,17,18,19)/t11-/m0/s1. The van der Waals surface area contributed by atoms with E-state index in [-0.39, 0.29) is 11.9 Å². The highest BCUT2D eigenvalue weighted by molar-refractivity contribution is 7.18. The second-order valence-corrected chi connectivity index (χ2v) is 7.82. The number of piperidine rings is 1. The Morgan fingerprint density at radius 1 is 1.33 bits per heavy atom. The molecular weight excluding hydrogens is 302 g/mol. The van der Waals surface area contributed by atoms with E-state index >= 15 is 0 Å². The Bertz CT molecular complexity index is 641. The van der Waals surface area contributed by atoms with Crippen LogP contribution in [-0.4, -0.2) is 23.5 Å². The molecule has 1 atom stereocenters. The number of amides is 1. The van der Waals surface area contributed by atoms with Crippen molar-refractivity contribution in [3.63, 3.8) is 0 Å². The van der Waals surface area contributed by atoms with Gasteiger partial charge in [-0.15, -0.1) is 22.7 Å². The Balaban J connectivity index is 1.73. The molecule has 1 aliphatic rings. The maximum atomic E-state index is 12.2. The van der Waals surface area contributed by atoms with Gasteiger partial charge in [0.05, 0.1) is 16.6 Å². The lowest BCUT2D eigenvalue weighted by atomic mass is 10.0. The lowest BCUT2D eigenvalue weighted by Gasteiger charge is -2.21. The van der Waals surface area contributed by atoms with Crippen LogP contribution in [0.25, 0.3) is 10.6 Å². The largest absolute Gasteiger partial charge is 0.306 e. The number of anilines is 1. The van der Waals surface area contributed by atoms with Gasteiger partial charge < -0.3 is 10.6 Å². The molecule has 2 aromatic rings. The van der Waals surface area contributed by atoms with Crippen LogP contribution in [0.15, 0.2) is 12.1 Å². The SMILES string of the molecule is Cc1ccc(-c2nc(NC(=O)[C@@H]3CCCCN3)sc2C)s1. The topological polar surface area (TPSA) is 54.0 Å². The number of rotatable bonds is 3. The number of hydrogen-bond acceptors (Lipinski definition) is 5. The first kappa shape index (κ1) is 14.7. The highest BCUT2D eigenvalue weighted by Gasteiger charge is 2.22. The summed E-state index contributed by atoms with van der Waals surface area (Å²) in [5, 5.41) is 6.92. The van der Waals surface area contributed by atoms with Crippen LogP contribution in [0.3, 0.4) is 0 Å². The van der Waals surface area contributed by atoms with Gasteiger partial charge in [-0.3, -0.25) is 4.79 Å². The van der Waals surface area contributed by atoms with Gasteiger partial charge in [0.2, 0.25) is 5.91 Å². The molecule has 2 aromatic heterocycles. The zero-order valence-corrected chi connectivity index (χ0v) is 13.9. The third-order valence-corrected chi connectivity index (χ3v) is 5.52. The summed E-state index contributed by atoms with van der Waals surface area (Å²) >= 11 is 3.28. The molecule has 0 aliphatic carbocycles. The lowest BCUT2D eigenvalue weighted by Crippen LogP contribution is -2.43. The van der Waals surface area contributed by atoms with E-state index in [0.717, 1.165) is 41.3 Å². The number of carbonyl (C=O) groups excluding carboxylic acids is 1. The summed E-state index contributed by atoms with van der Waals surface area (Å²) in [6.07, 6.45) is 3.18. The molecule has 3 rings (SSSR count). The van der Waals surface area contributed by atoms with Crippen LogP contribution in [0, 0.1) is 13.8 Å². The van der Waals surface area contributed by atoms with Crippen molar-refractivity contribution in [3.05, 3.63) is 21.9 Å². The van der Waals surface area contributed by atoms with Gasteiger partial charge in [-0.2, -0.15) is 0 Å². The van der Waals surface area contributed by atoms with E-state index in [9.17, 15) is 4.79 Å². The fourth-order valence-electron chi connectivity index (χ4n) is 2.51. The second-order valence-electron chi connectivity index (χ2n) is 5.33. The molecular formula is C15H19N3OS2. The molecule has 0 aromatic carbocycles. The van der Waals surface area contributed by atoms with E-state index in [4.69, 9.17) is 0 Å². The number of carbonyl (C=O) groups is 1. The normalized spacial score (nSPS) is 18.7. The minimum Gasteiger partial charge on any atom is -0.306 e. The molecule has 3 heterocycles. The first-order valence-corrected chi connectivity index (χ1v) is 8.85. The summed E-state index contributed by atoms with van der Waals surface area (Å²) in [5.74, 6) is 0.0392. The smallest absolute Gasteiger partial charge is 0.243 e. The van der Waals surface area contributed by atoms with Gasteiger partial charge in [0.15, 0.2) is 5.13 Å². The predicted molar refractivity (Wildman–Crippen MR) is 89.2 cm³/mol. The Morgan fingerprint density at radius 2 is 2.19 bits per heavy atom. The van der Waals surface area contributed by atoms with Crippen LogP contribution >= 0.6 is 22.7 Å². The van der Waals surface area contributed by atoms with Gasteiger partial charge >= 0.3 is 0 Å². The zero-order chi connectivity index (χ0) is 14.8. The van der Waals surface area contributed by atoms with Crippen molar-refractivity contribution in [1.29, 1.82) is 0 Å². The van der Waals surface area contributed by atoms with Gasteiger partial charge in [-0.1, -0.05) is 6.42 Å². The first-order chi connectivity index (χ1) is 10.1. The molecule has 0 spiro atoms. The fraction of sp³-hybridized carbons (Fsp3) is 0.467. The number of aromatic nitrogens is 1. The quantitative estimate of drug-likeness (QED) is 0.908. The van der Waals surface area contributed by atoms with Crippen molar-refractivity contribution in [3.8, 4) is 10.6 Å². The number of thiazole rings is 1. The van der Waals surface area contributed by atoms with Crippen molar-refractivity contribution in [2.24, 2.45) is 0 Å². The number of hydrogen-bond donors (Lipinski definition) is 2. The van der Waals surface area contributed by atoms with Crippen molar-refractivity contribution >= 4 is 33.7 Å². The fourth-order valence-corrected chi connectivity index (χ4v) is 4.32. The van der Waals surface area contributed by atoms with Gasteiger partial charge in [0.1, 0.15) is 0 Å². The van der Waals surface area contributed by atoms with E-state index in [1.54, 1.807) is 22.7 Å². The molecule has 1 amide bonds. The van der Waals surface area contributed by atoms with Crippen LogP contribution in [0.1, 0.15) is 29.0 Å².